The van der Waals surface area contributed by atoms with Gasteiger partial charge in [0.05, 0.1) is 12.2 Å². The van der Waals surface area contributed by atoms with Gasteiger partial charge in [0.15, 0.2) is 11.5 Å². The molecule has 210 valence electrons. The molecule has 1 heterocycles. The fourth-order valence-corrected chi connectivity index (χ4v) is 6.56. The molecule has 0 saturated heterocycles. The fraction of sp³-hybridized carbons (Fsp3) is 0.229. The van der Waals surface area contributed by atoms with Gasteiger partial charge in [-0.25, -0.2) is 0 Å². The Bertz CT molecular complexity index is 1770. The maximum Gasteiger partial charge on any atom is 0.266 e. The molecule has 7 heteroatoms. The number of ether oxygens (including phenoxy) is 2. The second-order valence-electron chi connectivity index (χ2n) is 10.0. The van der Waals surface area contributed by atoms with Gasteiger partial charge in [0, 0.05) is 10.4 Å². The first-order chi connectivity index (χ1) is 20.6. The summed E-state index contributed by atoms with van der Waals surface area (Å²) in [5.74, 6) is 0.582. The molecule has 42 heavy (non-hydrogen) atoms. The SMILES string of the molecule is C=CCc1cc(/C=C(\C#N)C(=O)Nc2sc3c(c2C#N)CCCC3)cc(OCC)c1OCc1cccc2ccccc12. The van der Waals surface area contributed by atoms with Gasteiger partial charge in [0.1, 0.15) is 29.3 Å². The van der Waals surface area contributed by atoms with E-state index >= 15 is 0 Å². The number of hydrogen-bond acceptors (Lipinski definition) is 6. The summed E-state index contributed by atoms with van der Waals surface area (Å²) in [6.07, 6.45) is 7.69. The van der Waals surface area contributed by atoms with Gasteiger partial charge < -0.3 is 14.8 Å². The molecule has 0 saturated carbocycles. The number of allylic oxidation sites excluding steroid dienone is 1. The Morgan fingerprint density at radius 3 is 2.67 bits per heavy atom. The molecule has 3 aromatic carbocycles. The van der Waals surface area contributed by atoms with E-state index in [9.17, 15) is 15.3 Å². The van der Waals surface area contributed by atoms with E-state index in [2.05, 4.69) is 36.2 Å². The van der Waals surface area contributed by atoms with E-state index < -0.39 is 5.91 Å². The molecule has 0 bridgehead atoms. The van der Waals surface area contributed by atoms with Crippen molar-refractivity contribution in [1.82, 2.24) is 0 Å². The second kappa shape index (κ2) is 13.2. The number of rotatable bonds is 10. The van der Waals surface area contributed by atoms with Gasteiger partial charge in [0.25, 0.3) is 5.91 Å². The number of nitrogens with one attached hydrogen (secondary N) is 1. The molecule has 0 fully saturated rings. The maximum absolute atomic E-state index is 13.2. The first kappa shape index (κ1) is 28.7. The van der Waals surface area contributed by atoms with Crippen LogP contribution >= 0.6 is 11.3 Å². The van der Waals surface area contributed by atoms with Gasteiger partial charge in [-0.1, -0.05) is 48.5 Å². The summed E-state index contributed by atoms with van der Waals surface area (Å²) in [7, 11) is 0. The van der Waals surface area contributed by atoms with Crippen LogP contribution in [0.25, 0.3) is 16.8 Å². The highest BCUT2D eigenvalue weighted by Crippen LogP contribution is 2.38. The Kier molecular flexibility index (Phi) is 9.02. The molecule has 5 rings (SSSR count). The summed E-state index contributed by atoms with van der Waals surface area (Å²) in [6, 6.07) is 22.3. The number of aryl methyl sites for hydroxylation is 1. The van der Waals surface area contributed by atoms with Gasteiger partial charge in [-0.3, -0.25) is 4.79 Å². The molecular weight excluding hydrogens is 542 g/mol. The molecule has 1 N–H and O–H groups in total. The number of carbonyl (C=O) groups excluding carboxylic acids is 1. The molecular formula is C35H31N3O3S. The number of carbonyl (C=O) groups is 1. The molecule has 0 spiro atoms. The lowest BCUT2D eigenvalue weighted by atomic mass is 9.96. The highest BCUT2D eigenvalue weighted by atomic mass is 32.1. The van der Waals surface area contributed by atoms with Crippen molar-refractivity contribution < 1.29 is 14.3 Å². The van der Waals surface area contributed by atoms with Crippen LogP contribution in [0, 0.1) is 22.7 Å². The zero-order valence-electron chi connectivity index (χ0n) is 23.5. The number of nitrogens with zero attached hydrogens (tertiary/aromatic N) is 2. The minimum Gasteiger partial charge on any atom is -0.490 e. The van der Waals surface area contributed by atoms with Crippen molar-refractivity contribution in [2.75, 3.05) is 11.9 Å². The number of benzene rings is 3. The zero-order chi connectivity index (χ0) is 29.5. The minimum atomic E-state index is -0.549. The quantitative estimate of drug-likeness (QED) is 0.118. The third kappa shape index (κ3) is 6.07. The van der Waals surface area contributed by atoms with Crippen LogP contribution in [0.2, 0.25) is 0 Å². The number of thiophene rings is 1. The van der Waals surface area contributed by atoms with Crippen LogP contribution in [0.15, 0.2) is 72.8 Å². The van der Waals surface area contributed by atoms with E-state index in [4.69, 9.17) is 9.47 Å². The highest BCUT2D eigenvalue weighted by molar-refractivity contribution is 7.16. The molecule has 4 aromatic rings. The van der Waals surface area contributed by atoms with Crippen molar-refractivity contribution in [2.45, 2.75) is 45.6 Å². The van der Waals surface area contributed by atoms with Crippen molar-refractivity contribution in [3.63, 3.8) is 0 Å². The molecule has 0 unspecified atom stereocenters. The van der Waals surface area contributed by atoms with E-state index in [0.29, 0.717) is 47.3 Å². The number of amides is 1. The predicted octanol–water partition coefficient (Wildman–Crippen LogP) is 7.90. The lowest BCUT2D eigenvalue weighted by Gasteiger charge is -2.17. The Balaban J connectivity index is 1.45. The van der Waals surface area contributed by atoms with Crippen molar-refractivity contribution in [3.05, 3.63) is 106 Å². The summed E-state index contributed by atoms with van der Waals surface area (Å²) in [5.41, 5.74) is 3.99. The van der Waals surface area contributed by atoms with Crippen LogP contribution in [0.1, 0.15) is 52.5 Å². The standard InChI is InChI=1S/C35H31N3O3S/c1-3-10-25-17-23(18-27(20-36)34(39)38-35-30(21-37)29-15-7-8-16-32(29)42-35)19-31(40-4-2)33(25)41-22-26-13-9-12-24-11-5-6-14-28(24)26/h3,5-6,9,11-14,17-19H,1,4,7-8,10,15-16,22H2,2H3,(H,38,39)/b27-18+. The largest absolute Gasteiger partial charge is 0.490 e. The van der Waals surface area contributed by atoms with E-state index in [-0.39, 0.29) is 5.57 Å². The molecule has 0 radical (unpaired) electrons. The van der Waals surface area contributed by atoms with Crippen molar-refractivity contribution in [3.8, 4) is 23.6 Å². The van der Waals surface area contributed by atoms with Gasteiger partial charge in [-0.2, -0.15) is 10.5 Å². The summed E-state index contributed by atoms with van der Waals surface area (Å²) in [4.78, 5) is 14.4. The number of anilines is 1. The predicted molar refractivity (Wildman–Crippen MR) is 168 cm³/mol. The average Bonchev–Trinajstić information content (AvgIpc) is 3.36. The lowest BCUT2D eigenvalue weighted by molar-refractivity contribution is -0.112. The zero-order valence-corrected chi connectivity index (χ0v) is 24.4. The van der Waals surface area contributed by atoms with Gasteiger partial charge >= 0.3 is 0 Å². The van der Waals surface area contributed by atoms with E-state index in [0.717, 1.165) is 58.0 Å². The summed E-state index contributed by atoms with van der Waals surface area (Å²) in [5, 5.41) is 25.3. The van der Waals surface area contributed by atoms with Gasteiger partial charge in [-0.15, -0.1) is 17.9 Å². The second-order valence-corrected chi connectivity index (χ2v) is 11.1. The van der Waals surface area contributed by atoms with Crippen LogP contribution < -0.4 is 14.8 Å². The Hall–Kier alpha value is -4.85. The molecule has 1 aliphatic carbocycles. The van der Waals surface area contributed by atoms with Gasteiger partial charge in [0.2, 0.25) is 0 Å². The molecule has 0 atom stereocenters. The van der Waals surface area contributed by atoms with Crippen molar-refractivity contribution >= 4 is 39.1 Å². The monoisotopic (exact) mass is 573 g/mol. The molecule has 1 aromatic heterocycles. The molecule has 1 amide bonds. The molecule has 1 aliphatic rings. The van der Waals surface area contributed by atoms with E-state index in [1.807, 2.05) is 43.3 Å². The van der Waals surface area contributed by atoms with Crippen molar-refractivity contribution in [1.29, 1.82) is 10.5 Å². The Morgan fingerprint density at radius 2 is 1.88 bits per heavy atom. The molecule has 6 nitrogen and oxygen atoms in total. The first-order valence-corrected chi connectivity index (χ1v) is 14.9. The fourth-order valence-electron chi connectivity index (χ4n) is 5.33. The normalized spacial score (nSPS) is 12.6. The smallest absolute Gasteiger partial charge is 0.266 e. The Morgan fingerprint density at radius 1 is 1.07 bits per heavy atom. The van der Waals surface area contributed by atoms with E-state index in [1.54, 1.807) is 18.2 Å². The lowest BCUT2D eigenvalue weighted by Crippen LogP contribution is -2.13. The molecule has 0 aliphatic heterocycles. The van der Waals surface area contributed by atoms with Crippen LogP contribution in [0.4, 0.5) is 5.00 Å². The number of fused-ring (bicyclic) bond motifs is 2. The third-order valence-corrected chi connectivity index (χ3v) is 8.46. The summed E-state index contributed by atoms with van der Waals surface area (Å²) < 4.78 is 12.4. The average molecular weight is 574 g/mol. The first-order valence-electron chi connectivity index (χ1n) is 14.0. The Labute approximate surface area is 250 Å². The van der Waals surface area contributed by atoms with Crippen molar-refractivity contribution in [2.24, 2.45) is 0 Å². The topological polar surface area (TPSA) is 95.1 Å². The number of nitriles is 2. The minimum absolute atomic E-state index is 0.0679. The van der Waals surface area contributed by atoms with Crippen LogP contribution in [0.5, 0.6) is 11.5 Å². The highest BCUT2D eigenvalue weighted by Gasteiger charge is 2.23. The maximum atomic E-state index is 13.2. The number of hydrogen-bond donors (Lipinski definition) is 1. The summed E-state index contributed by atoms with van der Waals surface area (Å²) in [6.45, 7) is 6.56. The van der Waals surface area contributed by atoms with Gasteiger partial charge in [-0.05, 0) is 84.7 Å². The van der Waals surface area contributed by atoms with Crippen LogP contribution in [-0.4, -0.2) is 12.5 Å². The van der Waals surface area contributed by atoms with Crippen LogP contribution in [0.3, 0.4) is 0 Å². The van der Waals surface area contributed by atoms with Crippen LogP contribution in [-0.2, 0) is 30.7 Å². The summed E-state index contributed by atoms with van der Waals surface area (Å²) >= 11 is 1.43. The third-order valence-electron chi connectivity index (χ3n) is 7.26. The van der Waals surface area contributed by atoms with E-state index in [1.165, 1.54) is 11.3 Å².